The van der Waals surface area contributed by atoms with E-state index in [2.05, 4.69) is 44.3 Å². The van der Waals surface area contributed by atoms with Crippen LogP contribution < -0.4 is 10.2 Å². The highest BCUT2D eigenvalue weighted by Crippen LogP contribution is 2.26. The van der Waals surface area contributed by atoms with Gasteiger partial charge in [0.05, 0.1) is 19.4 Å². The molecule has 3 aromatic heterocycles. The molecule has 1 aliphatic heterocycles. The summed E-state index contributed by atoms with van der Waals surface area (Å²) < 4.78 is 7.14. The lowest BCUT2D eigenvalue weighted by Gasteiger charge is -2.27. The standard InChI is InChI=1S/C22H21ClN8O/c1-15-3-2-4-16(11-15)13-26-31-14-25-19-20(27-17-5-6-24-18(23)12-17)28-22(29-21(19)31)30-7-9-32-10-8-30/h2-6,11-14H,7-10H2,1H3,(H,24,27,28,29). The summed E-state index contributed by atoms with van der Waals surface area (Å²) in [7, 11) is 0. The van der Waals surface area contributed by atoms with E-state index in [1.165, 1.54) is 5.56 Å². The number of nitrogens with one attached hydrogen (secondary N) is 1. The number of rotatable bonds is 5. The normalized spacial score (nSPS) is 14.4. The molecular formula is C22H21ClN8O. The van der Waals surface area contributed by atoms with Gasteiger partial charge >= 0.3 is 0 Å². The molecule has 0 amide bonds. The lowest BCUT2D eigenvalue weighted by Crippen LogP contribution is -2.37. The van der Waals surface area contributed by atoms with E-state index in [9.17, 15) is 0 Å². The highest BCUT2D eigenvalue weighted by molar-refractivity contribution is 6.29. The van der Waals surface area contributed by atoms with Crippen molar-refractivity contribution in [1.82, 2.24) is 24.6 Å². The van der Waals surface area contributed by atoms with Gasteiger partial charge in [-0.05, 0) is 24.6 Å². The largest absolute Gasteiger partial charge is 0.378 e. The lowest BCUT2D eigenvalue weighted by molar-refractivity contribution is 0.122. The van der Waals surface area contributed by atoms with Gasteiger partial charge in [0.2, 0.25) is 5.95 Å². The van der Waals surface area contributed by atoms with Gasteiger partial charge in [0.25, 0.3) is 0 Å². The Bertz CT molecular complexity index is 1280. The number of fused-ring (bicyclic) bond motifs is 1. The SMILES string of the molecule is Cc1cccc(C=Nn2cnc3c(Nc4ccnc(Cl)c4)nc(N4CCOCC4)nc32)c1. The minimum atomic E-state index is 0.391. The van der Waals surface area contributed by atoms with E-state index in [0.29, 0.717) is 54.4 Å². The van der Waals surface area contributed by atoms with E-state index in [1.807, 2.05) is 18.2 Å². The van der Waals surface area contributed by atoms with Crippen LogP contribution in [0.4, 0.5) is 17.5 Å². The van der Waals surface area contributed by atoms with Crippen LogP contribution in [-0.2, 0) is 4.74 Å². The minimum absolute atomic E-state index is 0.391. The van der Waals surface area contributed by atoms with Crippen molar-refractivity contribution in [2.75, 3.05) is 36.5 Å². The predicted molar refractivity (Wildman–Crippen MR) is 125 cm³/mol. The van der Waals surface area contributed by atoms with Gasteiger partial charge in [-0.15, -0.1) is 0 Å². The highest BCUT2D eigenvalue weighted by atomic mass is 35.5. The summed E-state index contributed by atoms with van der Waals surface area (Å²) >= 11 is 6.05. The molecule has 5 rings (SSSR count). The number of hydrogen-bond acceptors (Lipinski definition) is 8. The number of aromatic nitrogens is 5. The summed E-state index contributed by atoms with van der Waals surface area (Å²) in [6.45, 7) is 4.75. The van der Waals surface area contributed by atoms with Crippen LogP contribution in [0.1, 0.15) is 11.1 Å². The molecule has 9 nitrogen and oxygen atoms in total. The van der Waals surface area contributed by atoms with Crippen LogP contribution in [0.5, 0.6) is 0 Å². The molecule has 1 fully saturated rings. The molecule has 0 radical (unpaired) electrons. The van der Waals surface area contributed by atoms with Gasteiger partial charge in [0.1, 0.15) is 11.5 Å². The van der Waals surface area contributed by atoms with Crippen molar-refractivity contribution in [3.63, 3.8) is 0 Å². The number of imidazole rings is 1. The maximum Gasteiger partial charge on any atom is 0.229 e. The maximum atomic E-state index is 6.05. The maximum absolute atomic E-state index is 6.05. The molecule has 1 N–H and O–H groups in total. The van der Waals surface area contributed by atoms with Crippen molar-refractivity contribution < 1.29 is 4.74 Å². The number of aryl methyl sites for hydroxylation is 1. The monoisotopic (exact) mass is 448 g/mol. The van der Waals surface area contributed by atoms with E-state index in [-0.39, 0.29) is 0 Å². The summed E-state index contributed by atoms with van der Waals surface area (Å²) in [5.41, 5.74) is 4.14. The zero-order valence-corrected chi connectivity index (χ0v) is 18.2. The van der Waals surface area contributed by atoms with Crippen LogP contribution in [-0.4, -0.2) is 57.1 Å². The Labute approximate surface area is 189 Å². The summed E-state index contributed by atoms with van der Waals surface area (Å²) in [6.07, 6.45) is 5.07. The fourth-order valence-electron chi connectivity index (χ4n) is 3.45. The van der Waals surface area contributed by atoms with Crippen LogP contribution in [0, 0.1) is 6.92 Å². The smallest absolute Gasteiger partial charge is 0.229 e. The highest BCUT2D eigenvalue weighted by Gasteiger charge is 2.19. The molecule has 4 heterocycles. The number of hydrogen-bond donors (Lipinski definition) is 1. The van der Waals surface area contributed by atoms with Crippen molar-refractivity contribution in [3.05, 3.63) is 65.2 Å². The molecular weight excluding hydrogens is 428 g/mol. The second-order valence-electron chi connectivity index (χ2n) is 7.38. The summed E-state index contributed by atoms with van der Waals surface area (Å²) in [5, 5.41) is 8.28. The molecule has 0 saturated carbocycles. The van der Waals surface area contributed by atoms with Crippen LogP contribution in [0.15, 0.2) is 54.0 Å². The second kappa shape index (κ2) is 8.89. The van der Waals surface area contributed by atoms with Crippen molar-refractivity contribution >= 4 is 46.4 Å². The molecule has 32 heavy (non-hydrogen) atoms. The van der Waals surface area contributed by atoms with E-state index in [0.717, 1.165) is 11.3 Å². The van der Waals surface area contributed by atoms with E-state index < -0.39 is 0 Å². The third-order valence-electron chi connectivity index (χ3n) is 5.02. The average molecular weight is 449 g/mol. The number of morpholine rings is 1. The zero-order valence-electron chi connectivity index (χ0n) is 17.4. The molecule has 0 bridgehead atoms. The second-order valence-corrected chi connectivity index (χ2v) is 7.77. The Morgan fingerprint density at radius 1 is 1.12 bits per heavy atom. The molecule has 0 aliphatic carbocycles. The van der Waals surface area contributed by atoms with Gasteiger partial charge in [-0.2, -0.15) is 15.1 Å². The van der Waals surface area contributed by atoms with Crippen LogP contribution in [0.25, 0.3) is 11.2 Å². The molecule has 1 saturated heterocycles. The van der Waals surface area contributed by atoms with E-state index in [4.69, 9.17) is 26.3 Å². The Morgan fingerprint density at radius 3 is 2.81 bits per heavy atom. The zero-order chi connectivity index (χ0) is 21.9. The van der Waals surface area contributed by atoms with E-state index in [1.54, 1.807) is 29.5 Å². The first kappa shape index (κ1) is 20.3. The first-order chi connectivity index (χ1) is 15.7. The first-order valence-corrected chi connectivity index (χ1v) is 10.6. The molecule has 1 aromatic carbocycles. The third kappa shape index (κ3) is 4.39. The fourth-order valence-corrected chi connectivity index (χ4v) is 3.62. The topological polar surface area (TPSA) is 93.4 Å². The molecule has 0 unspecified atom stereocenters. The van der Waals surface area contributed by atoms with Gasteiger partial charge in [-0.25, -0.2) is 14.6 Å². The molecule has 1 aliphatic rings. The Balaban J connectivity index is 1.57. The van der Waals surface area contributed by atoms with Gasteiger partial charge < -0.3 is 15.0 Å². The number of pyridine rings is 1. The van der Waals surface area contributed by atoms with Gasteiger partial charge in [-0.3, -0.25) is 0 Å². The number of anilines is 3. The van der Waals surface area contributed by atoms with Crippen molar-refractivity contribution in [2.24, 2.45) is 5.10 Å². The van der Waals surface area contributed by atoms with Crippen molar-refractivity contribution in [3.8, 4) is 0 Å². The average Bonchev–Trinajstić information content (AvgIpc) is 3.22. The Morgan fingerprint density at radius 2 is 2.00 bits per heavy atom. The molecule has 10 heteroatoms. The molecule has 0 atom stereocenters. The van der Waals surface area contributed by atoms with Crippen LogP contribution >= 0.6 is 11.6 Å². The number of nitrogens with zero attached hydrogens (tertiary/aromatic N) is 7. The summed E-state index contributed by atoms with van der Waals surface area (Å²) in [6, 6.07) is 11.7. The molecule has 162 valence electrons. The third-order valence-corrected chi connectivity index (χ3v) is 5.23. The first-order valence-electron chi connectivity index (χ1n) is 10.2. The van der Waals surface area contributed by atoms with Crippen molar-refractivity contribution in [1.29, 1.82) is 0 Å². The van der Waals surface area contributed by atoms with Gasteiger partial charge in [-0.1, -0.05) is 41.4 Å². The fraction of sp³-hybridized carbons (Fsp3) is 0.227. The van der Waals surface area contributed by atoms with Crippen LogP contribution in [0.3, 0.4) is 0 Å². The van der Waals surface area contributed by atoms with Gasteiger partial charge in [0, 0.05) is 25.0 Å². The molecule has 4 aromatic rings. The van der Waals surface area contributed by atoms with Crippen LogP contribution in [0.2, 0.25) is 5.15 Å². The Kier molecular flexibility index (Phi) is 5.66. The minimum Gasteiger partial charge on any atom is -0.378 e. The predicted octanol–water partition coefficient (Wildman–Crippen LogP) is 3.65. The lowest BCUT2D eigenvalue weighted by atomic mass is 10.2. The Hall–Kier alpha value is -3.56. The number of ether oxygens (including phenoxy) is 1. The molecule has 0 spiro atoms. The number of benzene rings is 1. The van der Waals surface area contributed by atoms with E-state index >= 15 is 0 Å². The van der Waals surface area contributed by atoms with Gasteiger partial charge in [0.15, 0.2) is 17.0 Å². The summed E-state index contributed by atoms with van der Waals surface area (Å²) in [5.74, 6) is 1.17. The number of halogens is 1. The quantitative estimate of drug-likeness (QED) is 0.368. The van der Waals surface area contributed by atoms with Crippen molar-refractivity contribution in [2.45, 2.75) is 6.92 Å². The summed E-state index contributed by atoms with van der Waals surface area (Å²) in [4.78, 5) is 20.2.